The lowest BCUT2D eigenvalue weighted by molar-refractivity contribution is 1.28. The van der Waals surface area contributed by atoms with Gasteiger partial charge in [-0.3, -0.25) is 0 Å². The van der Waals surface area contributed by atoms with Crippen LogP contribution in [0.5, 0.6) is 0 Å². The predicted octanol–water partition coefficient (Wildman–Crippen LogP) is 13.6. The molecule has 0 bridgehead atoms. The fraction of sp³-hybridized carbons (Fsp3) is 0. The van der Waals surface area contributed by atoms with Gasteiger partial charge in [0, 0.05) is 16.9 Å². The van der Waals surface area contributed by atoms with Crippen LogP contribution in [0.15, 0.2) is 200 Å². The van der Waals surface area contributed by atoms with Gasteiger partial charge in [-0.1, -0.05) is 158 Å². The van der Waals surface area contributed by atoms with Crippen LogP contribution >= 0.6 is 0 Å². The Labute approximate surface area is 287 Å². The first-order valence-corrected chi connectivity index (χ1v) is 16.8. The number of para-hydroxylation sites is 1. The summed E-state index contributed by atoms with van der Waals surface area (Å²) in [5, 5.41) is 7.66. The Hall–Kier alpha value is -6.44. The Balaban J connectivity index is 1.23. The standard InChI is InChI=1S/C48H33N/c1-4-13-34(14-5-1)40-29-30-47(45(32-40)35-15-6-2-7-16-35)49(42-19-8-3-9-20-42)43-21-12-18-39(31-43)41-28-25-37-24-27-38-26-23-36-17-10-11-22-44(36)48(38)46(37)33-41/h1-33H. The van der Waals surface area contributed by atoms with Crippen molar-refractivity contribution in [2.45, 2.75) is 0 Å². The second-order valence-corrected chi connectivity index (χ2v) is 12.6. The SMILES string of the molecule is c1ccc(-c2ccc(N(c3ccccc3)c3cccc(-c4ccc5ccc6ccc7ccccc7c6c5c4)c3)c(-c3ccccc3)c2)cc1. The molecular weight excluding hydrogens is 591 g/mol. The van der Waals surface area contributed by atoms with Crippen LogP contribution < -0.4 is 4.90 Å². The number of benzene rings is 9. The summed E-state index contributed by atoms with van der Waals surface area (Å²) in [6, 6.07) is 72.5. The molecule has 9 aromatic rings. The third-order valence-electron chi connectivity index (χ3n) is 9.61. The summed E-state index contributed by atoms with van der Waals surface area (Å²) in [5.41, 5.74) is 10.5. The van der Waals surface area contributed by atoms with E-state index in [-0.39, 0.29) is 0 Å². The van der Waals surface area contributed by atoms with Crippen molar-refractivity contribution in [2.24, 2.45) is 0 Å². The van der Waals surface area contributed by atoms with Crippen molar-refractivity contribution in [3.8, 4) is 33.4 Å². The van der Waals surface area contributed by atoms with Crippen LogP contribution in [-0.2, 0) is 0 Å². The van der Waals surface area contributed by atoms with Gasteiger partial charge in [-0.15, -0.1) is 0 Å². The summed E-state index contributed by atoms with van der Waals surface area (Å²) in [6.07, 6.45) is 0. The zero-order valence-electron chi connectivity index (χ0n) is 27.0. The molecule has 0 aliphatic heterocycles. The number of hydrogen-bond donors (Lipinski definition) is 0. The molecule has 0 aliphatic rings. The molecule has 1 nitrogen and oxygen atoms in total. The Morgan fingerprint density at radius 1 is 0.286 bits per heavy atom. The molecule has 49 heavy (non-hydrogen) atoms. The van der Waals surface area contributed by atoms with Gasteiger partial charge in [0.05, 0.1) is 5.69 Å². The molecule has 0 fully saturated rings. The molecule has 9 rings (SSSR count). The zero-order valence-corrected chi connectivity index (χ0v) is 27.0. The number of anilines is 3. The van der Waals surface area contributed by atoms with E-state index < -0.39 is 0 Å². The maximum atomic E-state index is 2.39. The van der Waals surface area contributed by atoms with Crippen LogP contribution in [-0.4, -0.2) is 0 Å². The van der Waals surface area contributed by atoms with Crippen molar-refractivity contribution in [3.63, 3.8) is 0 Å². The lowest BCUT2D eigenvalue weighted by Crippen LogP contribution is -2.11. The van der Waals surface area contributed by atoms with Gasteiger partial charge in [0.15, 0.2) is 0 Å². The smallest absolute Gasteiger partial charge is 0.0540 e. The van der Waals surface area contributed by atoms with E-state index in [0.717, 1.165) is 17.1 Å². The van der Waals surface area contributed by atoms with Gasteiger partial charge in [0.1, 0.15) is 0 Å². The van der Waals surface area contributed by atoms with Crippen LogP contribution in [0, 0.1) is 0 Å². The van der Waals surface area contributed by atoms with Crippen molar-refractivity contribution in [1.29, 1.82) is 0 Å². The molecule has 0 atom stereocenters. The largest absolute Gasteiger partial charge is 0.310 e. The van der Waals surface area contributed by atoms with E-state index >= 15 is 0 Å². The molecule has 0 N–H and O–H groups in total. The van der Waals surface area contributed by atoms with Crippen LogP contribution in [0.3, 0.4) is 0 Å². The Bertz CT molecular complexity index is 2580. The van der Waals surface area contributed by atoms with Crippen LogP contribution in [0.2, 0.25) is 0 Å². The van der Waals surface area contributed by atoms with E-state index in [1.807, 2.05) is 0 Å². The van der Waals surface area contributed by atoms with Crippen molar-refractivity contribution in [2.75, 3.05) is 4.90 Å². The van der Waals surface area contributed by atoms with Gasteiger partial charge in [-0.05, 0) is 103 Å². The number of fused-ring (bicyclic) bond motifs is 5. The summed E-state index contributed by atoms with van der Waals surface area (Å²) >= 11 is 0. The van der Waals surface area contributed by atoms with E-state index in [2.05, 4.69) is 205 Å². The molecule has 0 spiro atoms. The lowest BCUT2D eigenvalue weighted by Gasteiger charge is -2.29. The third-order valence-corrected chi connectivity index (χ3v) is 9.61. The van der Waals surface area contributed by atoms with Gasteiger partial charge in [-0.25, -0.2) is 0 Å². The summed E-state index contributed by atoms with van der Waals surface area (Å²) in [7, 11) is 0. The van der Waals surface area contributed by atoms with Crippen molar-refractivity contribution < 1.29 is 0 Å². The van der Waals surface area contributed by atoms with Crippen molar-refractivity contribution in [3.05, 3.63) is 200 Å². The molecule has 0 unspecified atom stereocenters. The fourth-order valence-electron chi connectivity index (χ4n) is 7.22. The highest BCUT2D eigenvalue weighted by Gasteiger charge is 2.19. The van der Waals surface area contributed by atoms with Crippen molar-refractivity contribution >= 4 is 49.4 Å². The van der Waals surface area contributed by atoms with Gasteiger partial charge in [0.25, 0.3) is 0 Å². The van der Waals surface area contributed by atoms with Crippen LogP contribution in [0.1, 0.15) is 0 Å². The quantitative estimate of drug-likeness (QED) is 0.167. The van der Waals surface area contributed by atoms with Crippen molar-refractivity contribution in [1.82, 2.24) is 0 Å². The van der Waals surface area contributed by atoms with E-state index in [0.29, 0.717) is 0 Å². The molecule has 0 radical (unpaired) electrons. The van der Waals surface area contributed by atoms with Crippen LogP contribution in [0.25, 0.3) is 65.7 Å². The summed E-state index contributed by atoms with van der Waals surface area (Å²) in [6.45, 7) is 0. The Morgan fingerprint density at radius 2 is 0.816 bits per heavy atom. The molecule has 0 amide bonds. The minimum atomic E-state index is 1.11. The molecule has 0 aromatic heterocycles. The summed E-state index contributed by atoms with van der Waals surface area (Å²) in [5.74, 6) is 0. The highest BCUT2D eigenvalue weighted by atomic mass is 15.1. The van der Waals surface area contributed by atoms with Gasteiger partial charge >= 0.3 is 0 Å². The molecule has 0 aliphatic carbocycles. The zero-order chi connectivity index (χ0) is 32.6. The predicted molar refractivity (Wildman–Crippen MR) is 210 cm³/mol. The monoisotopic (exact) mass is 623 g/mol. The van der Waals surface area contributed by atoms with E-state index in [1.54, 1.807) is 0 Å². The Kier molecular flexibility index (Phi) is 7.22. The number of nitrogens with zero attached hydrogens (tertiary/aromatic N) is 1. The summed E-state index contributed by atoms with van der Waals surface area (Å²) < 4.78 is 0. The second-order valence-electron chi connectivity index (χ2n) is 12.6. The van der Waals surface area contributed by atoms with E-state index in [9.17, 15) is 0 Å². The van der Waals surface area contributed by atoms with Gasteiger partial charge in [-0.2, -0.15) is 0 Å². The minimum Gasteiger partial charge on any atom is -0.310 e. The molecule has 0 saturated carbocycles. The highest BCUT2D eigenvalue weighted by molar-refractivity contribution is 6.20. The first-order chi connectivity index (χ1) is 24.3. The van der Waals surface area contributed by atoms with Crippen LogP contribution in [0.4, 0.5) is 17.1 Å². The maximum Gasteiger partial charge on any atom is 0.0540 e. The lowest BCUT2D eigenvalue weighted by atomic mass is 9.93. The molecule has 230 valence electrons. The fourth-order valence-corrected chi connectivity index (χ4v) is 7.22. The number of hydrogen-bond acceptors (Lipinski definition) is 1. The Morgan fingerprint density at radius 3 is 1.59 bits per heavy atom. The van der Waals surface area contributed by atoms with E-state index in [1.165, 1.54) is 65.7 Å². The maximum absolute atomic E-state index is 2.39. The topological polar surface area (TPSA) is 3.24 Å². The first-order valence-electron chi connectivity index (χ1n) is 16.8. The average molecular weight is 624 g/mol. The van der Waals surface area contributed by atoms with Gasteiger partial charge in [0.2, 0.25) is 0 Å². The summed E-state index contributed by atoms with van der Waals surface area (Å²) in [4.78, 5) is 2.39. The molecule has 0 saturated heterocycles. The third kappa shape index (κ3) is 5.32. The highest BCUT2D eigenvalue weighted by Crippen LogP contribution is 2.44. The molecular formula is C48H33N. The minimum absolute atomic E-state index is 1.11. The second kappa shape index (κ2) is 12.3. The number of rotatable bonds is 6. The average Bonchev–Trinajstić information content (AvgIpc) is 3.19. The van der Waals surface area contributed by atoms with E-state index in [4.69, 9.17) is 0 Å². The first kappa shape index (κ1) is 28.8. The normalized spacial score (nSPS) is 11.3. The molecule has 1 heteroatoms. The molecule has 0 heterocycles. The van der Waals surface area contributed by atoms with Gasteiger partial charge < -0.3 is 4.90 Å². The molecule has 9 aromatic carbocycles.